The minimum atomic E-state index is -3.41. The van der Waals surface area contributed by atoms with Crippen LogP contribution in [-0.4, -0.2) is 48.5 Å². The zero-order valence-electron chi connectivity index (χ0n) is 10.6. The van der Waals surface area contributed by atoms with Crippen LogP contribution in [-0.2, 0) is 10.0 Å². The summed E-state index contributed by atoms with van der Waals surface area (Å²) in [6.45, 7) is 3.96. The van der Waals surface area contributed by atoms with Gasteiger partial charge in [0.05, 0.1) is 11.4 Å². The number of aromatic amines is 1. The van der Waals surface area contributed by atoms with Crippen LogP contribution in [0.1, 0.15) is 17.8 Å². The van der Waals surface area contributed by atoms with Gasteiger partial charge in [-0.05, 0) is 32.3 Å². The maximum absolute atomic E-state index is 12.3. The summed E-state index contributed by atoms with van der Waals surface area (Å²) >= 11 is 1.72. The van der Waals surface area contributed by atoms with Crippen molar-refractivity contribution in [1.29, 1.82) is 0 Å². The molecule has 0 saturated heterocycles. The van der Waals surface area contributed by atoms with Gasteiger partial charge in [-0.25, -0.2) is 12.7 Å². The lowest BCUT2D eigenvalue weighted by atomic mass is 10.4. The zero-order chi connectivity index (χ0) is 13.1. The fourth-order valence-electron chi connectivity index (χ4n) is 1.63. The Morgan fingerprint density at radius 3 is 2.53 bits per heavy atom. The number of nitrogens with zero attached hydrogens (tertiary/aromatic N) is 2. The van der Waals surface area contributed by atoms with Crippen molar-refractivity contribution in [2.24, 2.45) is 0 Å². The molecule has 1 heterocycles. The Labute approximate surface area is 107 Å². The standard InChI is InChI=1S/C10H19N3O2S2/c1-8-10(9(2)12-11-8)17(14,15)13(3)6-5-7-16-4/h5-7H2,1-4H3,(H,11,12). The summed E-state index contributed by atoms with van der Waals surface area (Å²) in [6, 6.07) is 0. The number of thioether (sulfide) groups is 1. The van der Waals surface area contributed by atoms with E-state index >= 15 is 0 Å². The van der Waals surface area contributed by atoms with E-state index in [2.05, 4.69) is 10.2 Å². The van der Waals surface area contributed by atoms with E-state index in [1.54, 1.807) is 32.7 Å². The van der Waals surface area contributed by atoms with Crippen LogP contribution in [0.5, 0.6) is 0 Å². The Morgan fingerprint density at radius 1 is 1.41 bits per heavy atom. The third kappa shape index (κ3) is 3.23. The van der Waals surface area contributed by atoms with Gasteiger partial charge in [0.15, 0.2) is 0 Å². The fourth-order valence-corrected chi connectivity index (χ4v) is 3.58. The molecule has 1 aromatic rings. The van der Waals surface area contributed by atoms with E-state index in [0.717, 1.165) is 12.2 Å². The lowest BCUT2D eigenvalue weighted by Crippen LogP contribution is -2.29. The van der Waals surface area contributed by atoms with Gasteiger partial charge >= 0.3 is 0 Å². The molecule has 98 valence electrons. The van der Waals surface area contributed by atoms with E-state index in [4.69, 9.17) is 0 Å². The molecule has 0 aliphatic heterocycles. The Morgan fingerprint density at radius 2 is 2.06 bits per heavy atom. The third-order valence-corrected chi connectivity index (χ3v) is 5.37. The van der Waals surface area contributed by atoms with Crippen LogP contribution in [0.15, 0.2) is 4.90 Å². The number of rotatable bonds is 6. The monoisotopic (exact) mass is 277 g/mol. The number of hydrogen-bond donors (Lipinski definition) is 1. The summed E-state index contributed by atoms with van der Waals surface area (Å²) < 4.78 is 26.0. The first kappa shape index (κ1) is 14.5. The molecule has 0 aliphatic carbocycles. The van der Waals surface area contributed by atoms with Crippen molar-refractivity contribution in [3.63, 3.8) is 0 Å². The number of sulfonamides is 1. The summed E-state index contributed by atoms with van der Waals surface area (Å²) in [5.74, 6) is 0.962. The topological polar surface area (TPSA) is 66.1 Å². The second-order valence-corrected chi connectivity index (χ2v) is 6.90. The molecule has 0 spiro atoms. The molecule has 0 amide bonds. The molecule has 17 heavy (non-hydrogen) atoms. The van der Waals surface area contributed by atoms with Crippen molar-refractivity contribution < 1.29 is 8.42 Å². The molecule has 0 fully saturated rings. The molecule has 7 heteroatoms. The van der Waals surface area contributed by atoms with Gasteiger partial charge in [-0.3, -0.25) is 5.10 Å². The highest BCUT2D eigenvalue weighted by Crippen LogP contribution is 2.20. The van der Waals surface area contributed by atoms with Crippen molar-refractivity contribution in [2.45, 2.75) is 25.2 Å². The van der Waals surface area contributed by atoms with E-state index in [0.29, 0.717) is 22.8 Å². The Hall–Kier alpha value is -0.530. The van der Waals surface area contributed by atoms with Crippen LogP contribution in [0.25, 0.3) is 0 Å². The third-order valence-electron chi connectivity index (χ3n) is 2.55. The second kappa shape index (κ2) is 5.88. The highest BCUT2D eigenvalue weighted by atomic mass is 32.2. The first-order valence-electron chi connectivity index (χ1n) is 5.38. The quantitative estimate of drug-likeness (QED) is 0.798. The SMILES string of the molecule is CSCCCN(C)S(=O)(=O)c1c(C)n[nH]c1C. The van der Waals surface area contributed by atoms with E-state index < -0.39 is 10.0 Å². The lowest BCUT2D eigenvalue weighted by molar-refractivity contribution is 0.469. The summed E-state index contributed by atoms with van der Waals surface area (Å²) in [7, 11) is -1.79. The summed E-state index contributed by atoms with van der Waals surface area (Å²) in [4.78, 5) is 0.309. The van der Waals surface area contributed by atoms with Crippen LogP contribution < -0.4 is 0 Å². The fraction of sp³-hybridized carbons (Fsp3) is 0.700. The highest BCUT2D eigenvalue weighted by molar-refractivity contribution is 7.98. The van der Waals surface area contributed by atoms with Gasteiger partial charge in [-0.1, -0.05) is 0 Å². The van der Waals surface area contributed by atoms with Crippen molar-refractivity contribution in [2.75, 3.05) is 25.6 Å². The largest absolute Gasteiger partial charge is 0.281 e. The molecule has 1 N–H and O–H groups in total. The summed E-state index contributed by atoms with van der Waals surface area (Å²) in [6.07, 6.45) is 2.87. The average Bonchev–Trinajstić information content (AvgIpc) is 2.59. The zero-order valence-corrected chi connectivity index (χ0v) is 12.3. The second-order valence-electron chi connectivity index (χ2n) is 3.94. The smallest absolute Gasteiger partial charge is 0.246 e. The van der Waals surface area contributed by atoms with E-state index in [1.165, 1.54) is 4.31 Å². The predicted molar refractivity (Wildman–Crippen MR) is 70.9 cm³/mol. The van der Waals surface area contributed by atoms with Crippen LogP contribution in [0.2, 0.25) is 0 Å². The molecule has 0 atom stereocenters. The van der Waals surface area contributed by atoms with Crippen LogP contribution in [0, 0.1) is 13.8 Å². The van der Waals surface area contributed by atoms with Crippen molar-refractivity contribution in [3.8, 4) is 0 Å². The van der Waals surface area contributed by atoms with Gasteiger partial charge in [-0.15, -0.1) is 0 Å². The number of aromatic nitrogens is 2. The molecule has 0 bridgehead atoms. The minimum absolute atomic E-state index is 0.309. The van der Waals surface area contributed by atoms with Gasteiger partial charge in [0.1, 0.15) is 4.90 Å². The van der Waals surface area contributed by atoms with E-state index in [1.807, 2.05) is 6.26 Å². The molecule has 0 saturated carbocycles. The molecular weight excluding hydrogens is 258 g/mol. The Balaban J connectivity index is 2.88. The van der Waals surface area contributed by atoms with Gasteiger partial charge in [-0.2, -0.15) is 16.9 Å². The number of H-pyrrole nitrogens is 1. The van der Waals surface area contributed by atoms with Crippen molar-refractivity contribution >= 4 is 21.8 Å². The Bertz CT molecular complexity index is 448. The number of nitrogens with one attached hydrogen (secondary N) is 1. The first-order valence-corrected chi connectivity index (χ1v) is 8.21. The van der Waals surface area contributed by atoms with E-state index in [-0.39, 0.29) is 0 Å². The molecule has 0 aromatic carbocycles. The van der Waals surface area contributed by atoms with Crippen LogP contribution >= 0.6 is 11.8 Å². The summed E-state index contributed by atoms with van der Waals surface area (Å²) in [5, 5.41) is 6.63. The molecule has 0 aliphatic rings. The van der Waals surface area contributed by atoms with Gasteiger partial charge < -0.3 is 0 Å². The van der Waals surface area contributed by atoms with Crippen LogP contribution in [0.4, 0.5) is 0 Å². The lowest BCUT2D eigenvalue weighted by Gasteiger charge is -2.16. The van der Waals surface area contributed by atoms with Gasteiger partial charge in [0.2, 0.25) is 10.0 Å². The molecule has 1 aromatic heterocycles. The minimum Gasteiger partial charge on any atom is -0.281 e. The summed E-state index contributed by atoms with van der Waals surface area (Å²) in [5.41, 5.74) is 1.12. The Kier molecular flexibility index (Phi) is 5.03. The van der Waals surface area contributed by atoms with Crippen molar-refractivity contribution in [1.82, 2.24) is 14.5 Å². The van der Waals surface area contributed by atoms with Crippen molar-refractivity contribution in [3.05, 3.63) is 11.4 Å². The van der Waals surface area contributed by atoms with Crippen LogP contribution in [0.3, 0.4) is 0 Å². The number of hydrogen-bond acceptors (Lipinski definition) is 4. The molecule has 5 nitrogen and oxygen atoms in total. The average molecular weight is 277 g/mol. The maximum atomic E-state index is 12.3. The molecular formula is C10H19N3O2S2. The normalized spacial score (nSPS) is 12.3. The molecule has 1 rings (SSSR count). The molecule has 0 radical (unpaired) electrons. The van der Waals surface area contributed by atoms with Gasteiger partial charge in [0, 0.05) is 13.6 Å². The first-order chi connectivity index (χ1) is 7.91. The maximum Gasteiger partial charge on any atom is 0.246 e. The number of aryl methyl sites for hydroxylation is 2. The predicted octanol–water partition coefficient (Wildman–Crippen LogP) is 1.40. The van der Waals surface area contributed by atoms with E-state index in [9.17, 15) is 8.42 Å². The molecule has 0 unspecified atom stereocenters. The van der Waals surface area contributed by atoms with Gasteiger partial charge in [0.25, 0.3) is 0 Å². The highest BCUT2D eigenvalue weighted by Gasteiger charge is 2.26.